The Morgan fingerprint density at radius 3 is 0.783 bits per heavy atom. The van der Waals surface area contributed by atoms with Crippen LogP contribution in [-0.2, 0) is 32.7 Å². The molecule has 10 nitrogen and oxygen atoms in total. The Balaban J connectivity index is 3.75. The molecule has 0 aromatic heterocycles. The number of unbranched alkanes of at least 4 members (excludes halogenated alkanes) is 35. The van der Waals surface area contributed by atoms with E-state index in [0.29, 0.717) is 12.8 Å². The maximum atomic E-state index is 12.4. The highest BCUT2D eigenvalue weighted by molar-refractivity contribution is 7.47. The van der Waals surface area contributed by atoms with Crippen molar-refractivity contribution in [3.05, 3.63) is 0 Å². The average molecular weight is 877 g/mol. The van der Waals surface area contributed by atoms with E-state index in [9.17, 15) is 29.3 Å². The minimum Gasteiger partial charge on any atom is -0.457 e. The topological polar surface area (TPSA) is 149 Å². The van der Waals surface area contributed by atoms with Gasteiger partial charge in [-0.3, -0.25) is 18.6 Å². The van der Waals surface area contributed by atoms with Crippen molar-refractivity contribution in [1.29, 1.82) is 0 Å². The third kappa shape index (κ3) is 43.6. The Bertz CT molecular complexity index is 966. The van der Waals surface area contributed by atoms with E-state index in [1.54, 1.807) is 0 Å². The van der Waals surface area contributed by atoms with E-state index in [4.69, 9.17) is 18.5 Å². The van der Waals surface area contributed by atoms with Gasteiger partial charge in [0.15, 0.2) is 0 Å². The van der Waals surface area contributed by atoms with Crippen LogP contribution in [0.25, 0.3) is 0 Å². The van der Waals surface area contributed by atoms with Crippen molar-refractivity contribution in [3.63, 3.8) is 0 Å². The summed E-state index contributed by atoms with van der Waals surface area (Å²) in [6.45, 7) is 2.27. The van der Waals surface area contributed by atoms with E-state index < -0.39 is 58.4 Å². The third-order valence-electron chi connectivity index (χ3n) is 11.6. The van der Waals surface area contributed by atoms with Crippen LogP contribution in [0.4, 0.5) is 0 Å². The molecule has 0 spiro atoms. The van der Waals surface area contributed by atoms with E-state index in [1.165, 1.54) is 186 Å². The molecular weight excluding hydrogens is 780 g/mol. The van der Waals surface area contributed by atoms with Crippen LogP contribution in [0.1, 0.15) is 264 Å². The maximum absolute atomic E-state index is 12.4. The van der Waals surface area contributed by atoms with E-state index in [1.807, 2.05) is 0 Å². The van der Waals surface area contributed by atoms with Crippen molar-refractivity contribution in [2.75, 3.05) is 26.4 Å². The molecule has 0 radical (unpaired) electrons. The SMILES string of the molecule is CCCCCCCCCCCCCCCCCCCCCCCCCCC(=O)OC(CO)COP(=O)(O)OCC(CO)OC(=O)CCCCCCCCCCCCCCC. The lowest BCUT2D eigenvalue weighted by molar-refractivity contribution is -0.153. The lowest BCUT2D eigenvalue weighted by atomic mass is 10.0. The molecule has 0 fully saturated rings. The maximum Gasteiger partial charge on any atom is 0.472 e. The number of hydrogen-bond donors (Lipinski definition) is 3. The van der Waals surface area contributed by atoms with Crippen LogP contribution in [0.3, 0.4) is 0 Å². The fraction of sp³-hybridized carbons (Fsp3) is 0.959. The second kappa shape index (κ2) is 46.0. The highest BCUT2D eigenvalue weighted by atomic mass is 31.2. The number of phosphoric ester groups is 1. The summed E-state index contributed by atoms with van der Waals surface area (Å²) in [6, 6.07) is 0. The molecule has 0 aliphatic heterocycles. The van der Waals surface area contributed by atoms with Gasteiger partial charge in [-0.2, -0.15) is 0 Å². The van der Waals surface area contributed by atoms with Crippen molar-refractivity contribution in [3.8, 4) is 0 Å². The zero-order valence-electron chi connectivity index (χ0n) is 39.2. The summed E-state index contributed by atoms with van der Waals surface area (Å²) in [4.78, 5) is 34.6. The summed E-state index contributed by atoms with van der Waals surface area (Å²) in [6.07, 6.45) is 45.2. The first-order chi connectivity index (χ1) is 29.3. The third-order valence-corrected chi connectivity index (χ3v) is 12.5. The van der Waals surface area contributed by atoms with Gasteiger partial charge in [0.2, 0.25) is 0 Å². The predicted octanol–water partition coefficient (Wildman–Crippen LogP) is 14.2. The van der Waals surface area contributed by atoms with Crippen LogP contribution >= 0.6 is 7.82 Å². The zero-order valence-corrected chi connectivity index (χ0v) is 40.1. The first kappa shape index (κ1) is 59.0. The molecule has 0 bridgehead atoms. The number of phosphoric acid groups is 1. The van der Waals surface area contributed by atoms with Gasteiger partial charge in [0.05, 0.1) is 26.4 Å². The molecule has 358 valence electrons. The number of aliphatic hydroxyl groups excluding tert-OH is 2. The number of esters is 2. The second-order valence-corrected chi connectivity index (χ2v) is 19.0. The summed E-state index contributed by atoms with van der Waals surface area (Å²) in [5.41, 5.74) is 0. The molecule has 0 saturated carbocycles. The monoisotopic (exact) mass is 877 g/mol. The Kier molecular flexibility index (Phi) is 45.2. The smallest absolute Gasteiger partial charge is 0.457 e. The van der Waals surface area contributed by atoms with E-state index in [0.717, 1.165) is 38.5 Å². The molecule has 0 saturated heterocycles. The van der Waals surface area contributed by atoms with Gasteiger partial charge in [0.1, 0.15) is 12.2 Å². The molecule has 11 heteroatoms. The Hall–Kier alpha value is -1.03. The van der Waals surface area contributed by atoms with Gasteiger partial charge in [-0.15, -0.1) is 0 Å². The molecule has 3 unspecified atom stereocenters. The van der Waals surface area contributed by atoms with Gasteiger partial charge in [-0.1, -0.05) is 239 Å². The summed E-state index contributed by atoms with van der Waals surface area (Å²) < 4.78 is 32.7. The summed E-state index contributed by atoms with van der Waals surface area (Å²) in [5, 5.41) is 19.2. The number of ether oxygens (including phenoxy) is 2. The van der Waals surface area contributed by atoms with Gasteiger partial charge in [0.25, 0.3) is 0 Å². The molecule has 3 atom stereocenters. The van der Waals surface area contributed by atoms with Gasteiger partial charge in [-0.25, -0.2) is 4.57 Å². The standard InChI is InChI=1S/C49H97O10P/c1-3-5-7-9-11-13-15-17-18-19-20-21-22-23-24-25-26-27-29-31-33-35-37-39-41-49(53)59-47(43-51)45-57-60(54,55)56-44-46(42-50)58-48(52)40-38-36-34-32-30-28-16-14-12-10-8-6-4-2/h46-47,50-51H,3-45H2,1-2H3,(H,54,55). The quantitative estimate of drug-likeness (QED) is 0.0306. The summed E-state index contributed by atoms with van der Waals surface area (Å²) >= 11 is 0. The molecule has 60 heavy (non-hydrogen) atoms. The Morgan fingerprint density at radius 2 is 0.583 bits per heavy atom. The highest BCUT2D eigenvalue weighted by Gasteiger charge is 2.27. The molecule has 0 aliphatic carbocycles. The normalized spacial score (nSPS) is 13.6. The minimum atomic E-state index is -4.63. The molecule has 0 aromatic carbocycles. The highest BCUT2D eigenvalue weighted by Crippen LogP contribution is 2.43. The zero-order chi connectivity index (χ0) is 44.0. The molecule has 0 aromatic rings. The second-order valence-electron chi connectivity index (χ2n) is 17.5. The van der Waals surface area contributed by atoms with Crippen molar-refractivity contribution >= 4 is 19.8 Å². The molecular formula is C49H97O10P. The van der Waals surface area contributed by atoms with Crippen molar-refractivity contribution in [2.45, 2.75) is 276 Å². The van der Waals surface area contributed by atoms with Crippen molar-refractivity contribution < 1.29 is 47.8 Å². The molecule has 3 N–H and O–H groups in total. The van der Waals surface area contributed by atoms with Crippen LogP contribution in [0.15, 0.2) is 0 Å². The van der Waals surface area contributed by atoms with Gasteiger partial charge in [0, 0.05) is 12.8 Å². The lowest BCUT2D eigenvalue weighted by Gasteiger charge is -2.20. The number of carbonyl (C=O) groups excluding carboxylic acids is 2. The number of hydrogen-bond acceptors (Lipinski definition) is 9. The van der Waals surface area contributed by atoms with Crippen LogP contribution in [0, 0.1) is 0 Å². The average Bonchev–Trinajstić information content (AvgIpc) is 3.24. The van der Waals surface area contributed by atoms with Crippen LogP contribution in [-0.4, -0.2) is 65.7 Å². The van der Waals surface area contributed by atoms with Gasteiger partial charge in [-0.05, 0) is 12.8 Å². The number of aliphatic hydroxyl groups is 2. The van der Waals surface area contributed by atoms with Gasteiger partial charge >= 0.3 is 19.8 Å². The van der Waals surface area contributed by atoms with Crippen molar-refractivity contribution in [1.82, 2.24) is 0 Å². The first-order valence-electron chi connectivity index (χ1n) is 25.5. The van der Waals surface area contributed by atoms with E-state index in [-0.39, 0.29) is 12.8 Å². The number of carbonyl (C=O) groups is 2. The van der Waals surface area contributed by atoms with Crippen LogP contribution in [0.2, 0.25) is 0 Å². The molecule has 0 aliphatic rings. The molecule has 0 heterocycles. The lowest BCUT2D eigenvalue weighted by Crippen LogP contribution is -2.28. The first-order valence-corrected chi connectivity index (χ1v) is 27.0. The fourth-order valence-corrected chi connectivity index (χ4v) is 8.43. The summed E-state index contributed by atoms with van der Waals surface area (Å²) in [5.74, 6) is -1.00. The van der Waals surface area contributed by atoms with Crippen molar-refractivity contribution in [2.24, 2.45) is 0 Å². The molecule has 0 rings (SSSR count). The largest absolute Gasteiger partial charge is 0.472 e. The van der Waals surface area contributed by atoms with Crippen LogP contribution < -0.4 is 0 Å². The van der Waals surface area contributed by atoms with E-state index >= 15 is 0 Å². The summed E-state index contributed by atoms with van der Waals surface area (Å²) in [7, 11) is -4.63. The minimum absolute atomic E-state index is 0.199. The van der Waals surface area contributed by atoms with Crippen LogP contribution in [0.5, 0.6) is 0 Å². The molecule has 0 amide bonds. The number of rotatable bonds is 49. The Labute approximate surface area is 369 Å². The Morgan fingerprint density at radius 1 is 0.383 bits per heavy atom. The predicted molar refractivity (Wildman–Crippen MR) is 247 cm³/mol. The van der Waals surface area contributed by atoms with E-state index in [2.05, 4.69) is 13.8 Å². The fourth-order valence-electron chi connectivity index (χ4n) is 7.65. The van der Waals surface area contributed by atoms with Gasteiger partial charge < -0.3 is 24.6 Å².